The van der Waals surface area contributed by atoms with Crippen LogP contribution in [0.5, 0.6) is 5.75 Å². The van der Waals surface area contributed by atoms with Crippen LogP contribution < -0.4 is 4.74 Å². The molecule has 20 heavy (non-hydrogen) atoms. The monoisotopic (exact) mass is 279 g/mol. The molecule has 0 unspecified atom stereocenters. The molecule has 0 N–H and O–H groups in total. The average molecular weight is 279 g/mol. The Bertz CT molecular complexity index is 432. The van der Waals surface area contributed by atoms with Gasteiger partial charge in [-0.15, -0.1) is 0 Å². The van der Waals surface area contributed by atoms with Gasteiger partial charge in [0, 0.05) is 5.56 Å². The first-order chi connectivity index (χ1) is 9.77. The fourth-order valence-electron chi connectivity index (χ4n) is 1.44. The summed E-state index contributed by atoms with van der Waals surface area (Å²) in [4.78, 5) is 16.1. The molecule has 0 bridgehead atoms. The van der Waals surface area contributed by atoms with Gasteiger partial charge in [-0.25, -0.2) is 0 Å². The Morgan fingerprint density at radius 2 is 2.05 bits per heavy atom. The Morgan fingerprint density at radius 3 is 2.80 bits per heavy atom. The second kappa shape index (κ2) is 9.83. The quantitative estimate of drug-likeness (QED) is 0.302. The Morgan fingerprint density at radius 1 is 1.25 bits per heavy atom. The molecule has 1 aromatic carbocycles. The summed E-state index contributed by atoms with van der Waals surface area (Å²) in [7, 11) is 0. The lowest BCUT2D eigenvalue weighted by Crippen LogP contribution is -2.06. The van der Waals surface area contributed by atoms with Crippen LogP contribution in [-0.2, 0) is 14.4 Å². The van der Waals surface area contributed by atoms with E-state index in [-0.39, 0.29) is 19.0 Å². The molecule has 1 aromatic rings. The van der Waals surface area contributed by atoms with Gasteiger partial charge >= 0.3 is 5.97 Å². The van der Waals surface area contributed by atoms with Crippen LogP contribution in [-0.4, -0.2) is 32.0 Å². The lowest BCUT2D eigenvalue weighted by atomic mass is 10.2. The second-order valence-electron chi connectivity index (χ2n) is 4.01. The van der Waals surface area contributed by atoms with Gasteiger partial charge in [-0.05, 0) is 25.5 Å². The number of esters is 1. The largest absolute Gasteiger partial charge is 0.493 e. The Hall–Kier alpha value is -2.04. The Balaban J connectivity index is 2.39. The summed E-state index contributed by atoms with van der Waals surface area (Å²) in [6.07, 6.45) is 2.72. The molecule has 0 atom stereocenters. The first kappa shape index (κ1) is 16.0. The molecule has 0 fully saturated rings. The molecule has 0 spiro atoms. The molecule has 110 valence electrons. The lowest BCUT2D eigenvalue weighted by molar-refractivity contribution is -0.144. The van der Waals surface area contributed by atoms with E-state index in [1.54, 1.807) is 13.1 Å². The number of benzene rings is 1. The number of hydrogen-bond donors (Lipinski definition) is 0. The summed E-state index contributed by atoms with van der Waals surface area (Å²) in [5.41, 5.74) is 0.845. The molecular formula is C15H21NO4. The molecule has 0 aromatic heterocycles. The predicted molar refractivity (Wildman–Crippen MR) is 77.0 cm³/mol. The van der Waals surface area contributed by atoms with Crippen LogP contribution in [0.15, 0.2) is 29.4 Å². The number of oxime groups is 1. The van der Waals surface area contributed by atoms with Crippen molar-refractivity contribution in [2.45, 2.75) is 26.7 Å². The van der Waals surface area contributed by atoms with Crippen LogP contribution in [0.4, 0.5) is 0 Å². The van der Waals surface area contributed by atoms with Crippen molar-refractivity contribution in [3.63, 3.8) is 0 Å². The van der Waals surface area contributed by atoms with Crippen molar-refractivity contribution in [3.8, 4) is 5.75 Å². The molecule has 5 nitrogen and oxygen atoms in total. The summed E-state index contributed by atoms with van der Waals surface area (Å²) in [6.45, 7) is 5.06. The van der Waals surface area contributed by atoms with Crippen LogP contribution in [0.1, 0.15) is 32.3 Å². The van der Waals surface area contributed by atoms with E-state index in [1.807, 2.05) is 24.3 Å². The van der Waals surface area contributed by atoms with E-state index < -0.39 is 0 Å². The molecule has 5 heteroatoms. The van der Waals surface area contributed by atoms with E-state index >= 15 is 0 Å². The third-order valence-electron chi connectivity index (χ3n) is 2.35. The molecule has 0 aliphatic carbocycles. The van der Waals surface area contributed by atoms with Crippen LogP contribution in [0.2, 0.25) is 0 Å². The van der Waals surface area contributed by atoms with Gasteiger partial charge in [-0.3, -0.25) is 4.79 Å². The highest BCUT2D eigenvalue weighted by Crippen LogP contribution is 2.16. The topological polar surface area (TPSA) is 57.1 Å². The maximum absolute atomic E-state index is 11.1. The van der Waals surface area contributed by atoms with Gasteiger partial charge in [-0.2, -0.15) is 0 Å². The van der Waals surface area contributed by atoms with E-state index in [9.17, 15) is 4.79 Å². The van der Waals surface area contributed by atoms with Crippen LogP contribution in [0, 0.1) is 0 Å². The first-order valence-corrected chi connectivity index (χ1v) is 6.80. The van der Waals surface area contributed by atoms with Crippen molar-refractivity contribution in [1.82, 2.24) is 0 Å². The van der Waals surface area contributed by atoms with Gasteiger partial charge in [0.05, 0.1) is 25.8 Å². The third kappa shape index (κ3) is 6.22. The van der Waals surface area contributed by atoms with E-state index in [1.165, 1.54) is 0 Å². The smallest absolute Gasteiger partial charge is 0.309 e. The standard InChI is InChI=1S/C15H21NO4/c1-3-10-19-14-8-6-5-7-13(14)12-16-20-11-9-15(17)18-4-2/h5-8,12H,3-4,9-11H2,1-2H3/b16-12+. The maximum atomic E-state index is 11.1. The van der Waals surface area contributed by atoms with E-state index in [4.69, 9.17) is 14.3 Å². The fourth-order valence-corrected chi connectivity index (χ4v) is 1.44. The molecular weight excluding hydrogens is 258 g/mol. The molecule has 0 radical (unpaired) electrons. The molecule has 0 saturated carbocycles. The number of rotatable bonds is 9. The molecule has 0 aliphatic heterocycles. The molecule has 1 rings (SSSR count). The molecule has 0 saturated heterocycles. The van der Waals surface area contributed by atoms with Crippen LogP contribution >= 0.6 is 0 Å². The number of nitrogens with zero attached hydrogens (tertiary/aromatic N) is 1. The fraction of sp³-hybridized carbons (Fsp3) is 0.467. The van der Waals surface area contributed by atoms with E-state index in [2.05, 4.69) is 12.1 Å². The summed E-state index contributed by atoms with van der Waals surface area (Å²) >= 11 is 0. The third-order valence-corrected chi connectivity index (χ3v) is 2.35. The van der Waals surface area contributed by atoms with Gasteiger partial charge in [-0.1, -0.05) is 24.2 Å². The summed E-state index contributed by atoms with van der Waals surface area (Å²) < 4.78 is 10.4. The number of hydrogen-bond acceptors (Lipinski definition) is 5. The molecule has 0 amide bonds. The van der Waals surface area contributed by atoms with Gasteiger partial charge in [0.1, 0.15) is 12.4 Å². The SMILES string of the molecule is CCCOc1ccccc1/C=N/OCCC(=O)OCC. The minimum atomic E-state index is -0.283. The number of carbonyl (C=O) groups is 1. The van der Waals surface area contributed by atoms with Gasteiger partial charge in [0.2, 0.25) is 0 Å². The zero-order valence-electron chi connectivity index (χ0n) is 12.0. The number of para-hydroxylation sites is 1. The highest BCUT2D eigenvalue weighted by atomic mass is 16.6. The van der Waals surface area contributed by atoms with Crippen LogP contribution in [0.25, 0.3) is 0 Å². The van der Waals surface area contributed by atoms with Crippen LogP contribution in [0.3, 0.4) is 0 Å². The summed E-state index contributed by atoms with van der Waals surface area (Å²) in [6, 6.07) is 7.58. The minimum absolute atomic E-state index is 0.194. The molecule has 0 heterocycles. The molecule has 0 aliphatic rings. The minimum Gasteiger partial charge on any atom is -0.493 e. The van der Waals surface area contributed by atoms with Gasteiger partial charge in [0.25, 0.3) is 0 Å². The normalized spacial score (nSPS) is 10.5. The van der Waals surface area contributed by atoms with Crippen molar-refractivity contribution in [1.29, 1.82) is 0 Å². The Labute approximate surface area is 119 Å². The van der Waals surface area contributed by atoms with E-state index in [0.29, 0.717) is 13.2 Å². The van der Waals surface area contributed by atoms with Gasteiger partial charge < -0.3 is 14.3 Å². The second-order valence-corrected chi connectivity index (χ2v) is 4.01. The highest BCUT2D eigenvalue weighted by Gasteiger charge is 2.01. The number of carbonyl (C=O) groups excluding carboxylic acids is 1. The Kier molecular flexibility index (Phi) is 7.87. The van der Waals surface area contributed by atoms with Gasteiger partial charge in [0.15, 0.2) is 0 Å². The van der Waals surface area contributed by atoms with Crippen molar-refractivity contribution in [2.24, 2.45) is 5.16 Å². The van der Waals surface area contributed by atoms with Crippen molar-refractivity contribution in [2.75, 3.05) is 19.8 Å². The maximum Gasteiger partial charge on any atom is 0.309 e. The predicted octanol–water partition coefficient (Wildman–Crippen LogP) is 2.78. The highest BCUT2D eigenvalue weighted by molar-refractivity contribution is 5.83. The zero-order chi connectivity index (χ0) is 14.6. The zero-order valence-corrected chi connectivity index (χ0v) is 12.0. The lowest BCUT2D eigenvalue weighted by Gasteiger charge is -2.07. The number of ether oxygens (including phenoxy) is 2. The summed E-state index contributed by atoms with van der Waals surface area (Å²) in [5, 5.41) is 3.83. The van der Waals surface area contributed by atoms with Crippen molar-refractivity contribution < 1.29 is 19.1 Å². The van der Waals surface area contributed by atoms with E-state index in [0.717, 1.165) is 17.7 Å². The van der Waals surface area contributed by atoms with Crippen molar-refractivity contribution >= 4 is 12.2 Å². The van der Waals surface area contributed by atoms with Crippen molar-refractivity contribution in [3.05, 3.63) is 29.8 Å². The summed E-state index contributed by atoms with van der Waals surface area (Å²) in [5.74, 6) is 0.487. The first-order valence-electron chi connectivity index (χ1n) is 6.80. The average Bonchev–Trinajstić information content (AvgIpc) is 2.46.